The Bertz CT molecular complexity index is 342. The summed E-state index contributed by atoms with van der Waals surface area (Å²) in [5.74, 6) is -0.0901. The number of likely N-dealkylation sites (N-methyl/N-ethyl adjacent to an activating group) is 1. The Morgan fingerprint density at radius 3 is 1.76 bits per heavy atom. The highest BCUT2D eigenvalue weighted by Gasteiger charge is 2.08. The van der Waals surface area contributed by atoms with Crippen molar-refractivity contribution in [3.63, 3.8) is 0 Å². The van der Waals surface area contributed by atoms with Gasteiger partial charge in [0.1, 0.15) is 6.61 Å². The van der Waals surface area contributed by atoms with Gasteiger partial charge in [-0.05, 0) is 6.42 Å². The predicted molar refractivity (Wildman–Crippen MR) is 91.4 cm³/mol. The molecule has 0 unspecified atom stereocenters. The van der Waals surface area contributed by atoms with Gasteiger partial charge in [0.15, 0.2) is 0 Å². The molecule has 0 fully saturated rings. The van der Waals surface area contributed by atoms with Gasteiger partial charge in [-0.2, -0.15) is 0 Å². The fourth-order valence-corrected chi connectivity index (χ4v) is 1.66. The molecule has 0 aliphatic heterocycles. The fraction of sp³-hybridized carbons (Fsp3) is 0.875. The molecule has 0 bridgehead atoms. The van der Waals surface area contributed by atoms with Gasteiger partial charge in [0.25, 0.3) is 0 Å². The maximum Gasteiger partial charge on any atom is 0.404 e. The molecule has 0 spiro atoms. The van der Waals surface area contributed by atoms with Gasteiger partial charge in [-0.1, -0.05) is 6.92 Å². The second kappa shape index (κ2) is 17.4. The topological polar surface area (TPSA) is 110 Å². The first kappa shape index (κ1) is 23.6. The van der Waals surface area contributed by atoms with Gasteiger partial charge in [-0.25, -0.2) is 4.79 Å². The lowest BCUT2D eigenvalue weighted by Gasteiger charge is -2.16. The van der Waals surface area contributed by atoms with E-state index < -0.39 is 6.09 Å². The van der Waals surface area contributed by atoms with E-state index in [-0.39, 0.29) is 18.9 Å². The van der Waals surface area contributed by atoms with Gasteiger partial charge in [0.05, 0.1) is 59.2 Å². The molecule has 9 nitrogen and oxygen atoms in total. The van der Waals surface area contributed by atoms with E-state index in [0.717, 1.165) is 13.0 Å². The Labute approximate surface area is 149 Å². The average molecular weight is 364 g/mol. The third-order valence-corrected chi connectivity index (χ3v) is 3.02. The number of nitrogens with zero attached hydrogens (tertiary/aromatic N) is 1. The largest absolute Gasteiger partial charge is 0.448 e. The van der Waals surface area contributed by atoms with Crippen LogP contribution < -0.4 is 5.73 Å². The van der Waals surface area contributed by atoms with E-state index in [2.05, 4.69) is 11.7 Å². The van der Waals surface area contributed by atoms with Crippen molar-refractivity contribution in [2.24, 2.45) is 5.73 Å². The van der Waals surface area contributed by atoms with Crippen LogP contribution in [0.1, 0.15) is 19.8 Å². The molecule has 0 saturated carbocycles. The van der Waals surface area contributed by atoms with Crippen LogP contribution in [0.4, 0.5) is 4.79 Å². The van der Waals surface area contributed by atoms with E-state index in [1.165, 1.54) is 4.90 Å². The summed E-state index contributed by atoms with van der Waals surface area (Å²) in [6.07, 6.45) is 0.419. The zero-order valence-corrected chi connectivity index (χ0v) is 15.4. The van der Waals surface area contributed by atoms with E-state index in [4.69, 9.17) is 24.7 Å². The van der Waals surface area contributed by atoms with E-state index in [1.807, 2.05) is 0 Å². The molecule has 2 amide bonds. The van der Waals surface area contributed by atoms with Crippen LogP contribution >= 0.6 is 0 Å². The van der Waals surface area contributed by atoms with Crippen molar-refractivity contribution in [3.05, 3.63) is 0 Å². The van der Waals surface area contributed by atoms with E-state index in [1.54, 1.807) is 7.05 Å². The Hall–Kier alpha value is -1.42. The molecule has 0 aromatic rings. The summed E-state index contributed by atoms with van der Waals surface area (Å²) in [6.45, 7) is 6.58. The van der Waals surface area contributed by atoms with Crippen LogP contribution in [-0.2, 0) is 28.5 Å². The van der Waals surface area contributed by atoms with Crippen LogP contribution in [0.2, 0.25) is 0 Å². The Morgan fingerprint density at radius 2 is 1.28 bits per heavy atom. The maximum absolute atomic E-state index is 11.7. The SMILES string of the molecule is CCCOCCOCCOCCOCCC(=O)N(C)CCOC(N)=O. The number of primary amides is 1. The van der Waals surface area contributed by atoms with Gasteiger partial charge >= 0.3 is 6.09 Å². The first-order valence-corrected chi connectivity index (χ1v) is 8.55. The minimum atomic E-state index is -0.848. The highest BCUT2D eigenvalue weighted by molar-refractivity contribution is 5.76. The first-order chi connectivity index (χ1) is 12.1. The minimum absolute atomic E-state index is 0.0824. The molecule has 0 saturated heterocycles. The van der Waals surface area contributed by atoms with Crippen LogP contribution in [0.5, 0.6) is 0 Å². The summed E-state index contributed by atoms with van der Waals surface area (Å²) in [5, 5.41) is 0. The van der Waals surface area contributed by atoms with Gasteiger partial charge < -0.3 is 34.3 Å². The number of hydrogen-bond acceptors (Lipinski definition) is 7. The molecule has 148 valence electrons. The highest BCUT2D eigenvalue weighted by atomic mass is 16.6. The van der Waals surface area contributed by atoms with Gasteiger partial charge in [0.2, 0.25) is 5.91 Å². The molecule has 0 radical (unpaired) electrons. The number of amides is 2. The normalized spacial score (nSPS) is 10.6. The number of carbonyl (C=O) groups is 2. The number of hydrogen-bond donors (Lipinski definition) is 1. The van der Waals surface area contributed by atoms with Crippen LogP contribution in [-0.4, -0.2) is 90.0 Å². The van der Waals surface area contributed by atoms with E-state index in [0.29, 0.717) is 52.8 Å². The standard InChI is InChI=1S/C16H32N2O7/c1-3-6-21-9-11-23-13-14-24-12-10-22-7-4-15(19)18(2)5-8-25-16(17)20/h3-14H2,1-2H3,(H2,17,20). The zero-order valence-electron chi connectivity index (χ0n) is 15.4. The zero-order chi connectivity index (χ0) is 18.8. The predicted octanol–water partition coefficient (Wildman–Crippen LogP) is 0.407. The smallest absolute Gasteiger partial charge is 0.404 e. The first-order valence-electron chi connectivity index (χ1n) is 8.55. The molecule has 0 aliphatic carbocycles. The van der Waals surface area contributed by atoms with E-state index in [9.17, 15) is 9.59 Å². The van der Waals surface area contributed by atoms with Crippen molar-refractivity contribution in [2.75, 3.05) is 73.1 Å². The molecule has 25 heavy (non-hydrogen) atoms. The lowest BCUT2D eigenvalue weighted by atomic mass is 10.4. The van der Waals surface area contributed by atoms with Gasteiger partial charge in [-0.3, -0.25) is 4.79 Å². The maximum atomic E-state index is 11.7. The van der Waals surface area contributed by atoms with Crippen LogP contribution in [0.15, 0.2) is 0 Å². The molecule has 0 aliphatic rings. The summed E-state index contributed by atoms with van der Waals surface area (Å²) in [7, 11) is 1.63. The number of ether oxygens (including phenoxy) is 5. The second-order valence-corrected chi connectivity index (χ2v) is 5.18. The minimum Gasteiger partial charge on any atom is -0.448 e. The molecule has 0 atom stereocenters. The van der Waals surface area contributed by atoms with Crippen molar-refractivity contribution in [1.82, 2.24) is 4.90 Å². The van der Waals surface area contributed by atoms with Crippen LogP contribution in [0, 0.1) is 0 Å². The fourth-order valence-electron chi connectivity index (χ4n) is 1.66. The third kappa shape index (κ3) is 17.2. The Kier molecular flexibility index (Phi) is 16.4. The second-order valence-electron chi connectivity index (χ2n) is 5.18. The monoisotopic (exact) mass is 364 g/mol. The average Bonchev–Trinajstić information content (AvgIpc) is 2.58. The van der Waals surface area contributed by atoms with Gasteiger partial charge in [-0.15, -0.1) is 0 Å². The summed E-state index contributed by atoms with van der Waals surface area (Å²) in [4.78, 5) is 23.6. The molecular weight excluding hydrogens is 332 g/mol. The van der Waals surface area contributed by atoms with Crippen molar-refractivity contribution < 1.29 is 33.3 Å². The molecule has 0 aromatic heterocycles. The molecule has 2 N–H and O–H groups in total. The highest BCUT2D eigenvalue weighted by Crippen LogP contribution is 1.93. The van der Waals surface area contributed by atoms with Gasteiger partial charge in [0, 0.05) is 13.7 Å². The Morgan fingerprint density at radius 1 is 0.800 bits per heavy atom. The molecule has 9 heteroatoms. The molecular formula is C16H32N2O7. The van der Waals surface area contributed by atoms with Crippen molar-refractivity contribution >= 4 is 12.0 Å². The number of carbonyl (C=O) groups excluding carboxylic acids is 2. The molecule has 0 heterocycles. The Balaban J connectivity index is 3.29. The summed E-state index contributed by atoms with van der Waals surface area (Å²) < 4.78 is 25.9. The van der Waals surface area contributed by atoms with E-state index >= 15 is 0 Å². The van der Waals surface area contributed by atoms with Crippen molar-refractivity contribution in [2.45, 2.75) is 19.8 Å². The van der Waals surface area contributed by atoms with Crippen molar-refractivity contribution in [3.8, 4) is 0 Å². The summed E-state index contributed by atoms with van der Waals surface area (Å²) in [5.41, 5.74) is 4.83. The third-order valence-electron chi connectivity index (χ3n) is 3.02. The lowest BCUT2D eigenvalue weighted by molar-refractivity contribution is -0.131. The molecule has 0 aromatic carbocycles. The van der Waals surface area contributed by atoms with Crippen LogP contribution in [0.3, 0.4) is 0 Å². The van der Waals surface area contributed by atoms with Crippen LogP contribution in [0.25, 0.3) is 0 Å². The number of nitrogens with two attached hydrogens (primary N) is 1. The quantitative estimate of drug-likeness (QED) is 0.372. The van der Waals surface area contributed by atoms with Crippen molar-refractivity contribution in [1.29, 1.82) is 0 Å². The molecule has 0 rings (SSSR count). The summed E-state index contributed by atoms with van der Waals surface area (Å²) >= 11 is 0. The number of rotatable bonds is 17. The lowest BCUT2D eigenvalue weighted by Crippen LogP contribution is -2.32. The summed E-state index contributed by atoms with van der Waals surface area (Å²) in [6, 6.07) is 0.